The number of rotatable bonds is 2. The summed E-state index contributed by atoms with van der Waals surface area (Å²) in [6, 6.07) is 2.11. The molecule has 2 aromatic rings. The SMILES string of the molecule is Cc1cnn(C)c1-c1ccsc1CN. The third-order valence-corrected chi connectivity index (χ3v) is 3.25. The Balaban J connectivity index is 2.59. The summed E-state index contributed by atoms with van der Waals surface area (Å²) in [4.78, 5) is 1.22. The highest BCUT2D eigenvalue weighted by Crippen LogP contribution is 2.29. The van der Waals surface area contributed by atoms with Gasteiger partial charge in [0.05, 0.1) is 11.9 Å². The fourth-order valence-electron chi connectivity index (χ4n) is 1.64. The van der Waals surface area contributed by atoms with Gasteiger partial charge < -0.3 is 5.73 Å². The Labute approximate surface area is 87.2 Å². The molecule has 0 bridgehead atoms. The van der Waals surface area contributed by atoms with Crippen LogP contribution in [0.25, 0.3) is 11.3 Å². The number of aromatic nitrogens is 2. The molecule has 74 valence electrons. The molecule has 0 aromatic carbocycles. The molecule has 0 radical (unpaired) electrons. The molecule has 0 atom stereocenters. The molecular formula is C10H13N3S. The van der Waals surface area contributed by atoms with Gasteiger partial charge in [0.15, 0.2) is 0 Å². The van der Waals surface area contributed by atoms with Crippen LogP contribution in [-0.2, 0) is 13.6 Å². The Morgan fingerprint density at radius 3 is 2.93 bits per heavy atom. The highest BCUT2D eigenvalue weighted by molar-refractivity contribution is 7.10. The maximum atomic E-state index is 5.68. The summed E-state index contributed by atoms with van der Waals surface area (Å²) < 4.78 is 1.90. The number of thiophene rings is 1. The van der Waals surface area contributed by atoms with Gasteiger partial charge in [-0.3, -0.25) is 4.68 Å². The molecule has 3 nitrogen and oxygen atoms in total. The molecule has 0 amide bonds. The smallest absolute Gasteiger partial charge is 0.0719 e. The maximum absolute atomic E-state index is 5.68. The van der Waals surface area contributed by atoms with Crippen molar-refractivity contribution in [3.63, 3.8) is 0 Å². The van der Waals surface area contributed by atoms with E-state index in [0.29, 0.717) is 6.54 Å². The second-order valence-electron chi connectivity index (χ2n) is 3.26. The Hall–Kier alpha value is -1.13. The molecule has 0 aliphatic heterocycles. The summed E-state index contributed by atoms with van der Waals surface area (Å²) in [5.41, 5.74) is 9.27. The summed E-state index contributed by atoms with van der Waals surface area (Å²) in [6.07, 6.45) is 1.88. The molecule has 2 heterocycles. The van der Waals surface area contributed by atoms with E-state index in [1.165, 1.54) is 21.7 Å². The first-order valence-corrected chi connectivity index (χ1v) is 5.37. The highest BCUT2D eigenvalue weighted by Gasteiger charge is 2.11. The van der Waals surface area contributed by atoms with Crippen molar-refractivity contribution in [2.75, 3.05) is 0 Å². The first-order chi connectivity index (χ1) is 6.74. The number of aryl methyl sites for hydroxylation is 2. The Morgan fingerprint density at radius 2 is 2.36 bits per heavy atom. The Bertz CT molecular complexity index is 422. The summed E-state index contributed by atoms with van der Waals surface area (Å²) >= 11 is 1.70. The van der Waals surface area contributed by atoms with Crippen molar-refractivity contribution in [1.29, 1.82) is 0 Å². The predicted octanol–water partition coefficient (Wildman–Crippen LogP) is 1.92. The molecule has 0 aliphatic carbocycles. The van der Waals surface area contributed by atoms with Gasteiger partial charge in [-0.05, 0) is 23.9 Å². The van der Waals surface area contributed by atoms with Gasteiger partial charge in [-0.1, -0.05) is 0 Å². The monoisotopic (exact) mass is 207 g/mol. The zero-order chi connectivity index (χ0) is 10.1. The van der Waals surface area contributed by atoms with E-state index in [4.69, 9.17) is 5.73 Å². The van der Waals surface area contributed by atoms with E-state index in [9.17, 15) is 0 Å². The fraction of sp³-hybridized carbons (Fsp3) is 0.300. The van der Waals surface area contributed by atoms with Gasteiger partial charge in [-0.2, -0.15) is 5.10 Å². The summed E-state index contributed by atoms with van der Waals surface area (Å²) in [5, 5.41) is 6.30. The van der Waals surface area contributed by atoms with Crippen LogP contribution in [0, 0.1) is 6.92 Å². The van der Waals surface area contributed by atoms with Crippen molar-refractivity contribution < 1.29 is 0 Å². The van der Waals surface area contributed by atoms with Crippen LogP contribution >= 0.6 is 11.3 Å². The van der Waals surface area contributed by atoms with E-state index in [2.05, 4.69) is 23.5 Å². The zero-order valence-corrected chi connectivity index (χ0v) is 9.14. The maximum Gasteiger partial charge on any atom is 0.0719 e. The van der Waals surface area contributed by atoms with Crippen LogP contribution in [0.2, 0.25) is 0 Å². The summed E-state index contributed by atoms with van der Waals surface area (Å²) in [7, 11) is 1.96. The molecular weight excluding hydrogens is 194 g/mol. The average Bonchev–Trinajstić information content (AvgIpc) is 2.73. The minimum Gasteiger partial charge on any atom is -0.326 e. The van der Waals surface area contributed by atoms with Crippen LogP contribution in [0.4, 0.5) is 0 Å². The number of nitrogens with zero attached hydrogens (tertiary/aromatic N) is 2. The summed E-state index contributed by atoms with van der Waals surface area (Å²) in [5.74, 6) is 0. The van der Waals surface area contributed by atoms with Crippen molar-refractivity contribution >= 4 is 11.3 Å². The molecule has 2 aromatic heterocycles. The number of hydrogen-bond donors (Lipinski definition) is 1. The minimum atomic E-state index is 0.595. The standard InChI is InChI=1S/C10H13N3S/c1-7-6-12-13(2)10(7)8-3-4-14-9(8)5-11/h3-4,6H,5,11H2,1-2H3. The lowest BCUT2D eigenvalue weighted by Gasteiger charge is -2.03. The van der Waals surface area contributed by atoms with Crippen LogP contribution in [0.15, 0.2) is 17.6 Å². The predicted molar refractivity (Wildman–Crippen MR) is 59.1 cm³/mol. The van der Waals surface area contributed by atoms with Gasteiger partial charge in [0.2, 0.25) is 0 Å². The first-order valence-electron chi connectivity index (χ1n) is 4.49. The lowest BCUT2D eigenvalue weighted by Crippen LogP contribution is -1.99. The van der Waals surface area contributed by atoms with Gasteiger partial charge in [0, 0.05) is 24.0 Å². The molecule has 0 saturated heterocycles. The lowest BCUT2D eigenvalue weighted by atomic mass is 10.1. The third kappa shape index (κ3) is 1.36. The Kier molecular flexibility index (Phi) is 2.39. The molecule has 0 unspecified atom stereocenters. The van der Waals surface area contributed by atoms with Gasteiger partial charge in [0.1, 0.15) is 0 Å². The lowest BCUT2D eigenvalue weighted by molar-refractivity contribution is 0.775. The molecule has 2 rings (SSSR count). The minimum absolute atomic E-state index is 0.595. The fourth-order valence-corrected chi connectivity index (χ4v) is 2.40. The average molecular weight is 207 g/mol. The topological polar surface area (TPSA) is 43.8 Å². The van der Waals surface area contributed by atoms with E-state index >= 15 is 0 Å². The van der Waals surface area contributed by atoms with Crippen molar-refractivity contribution in [2.24, 2.45) is 12.8 Å². The van der Waals surface area contributed by atoms with Crippen LogP contribution in [0.3, 0.4) is 0 Å². The second kappa shape index (κ2) is 3.55. The normalized spacial score (nSPS) is 10.8. The molecule has 4 heteroatoms. The highest BCUT2D eigenvalue weighted by atomic mass is 32.1. The molecule has 0 saturated carbocycles. The third-order valence-electron chi connectivity index (χ3n) is 2.31. The molecule has 2 N–H and O–H groups in total. The van der Waals surface area contributed by atoms with E-state index in [1.807, 2.05) is 17.9 Å². The number of nitrogens with two attached hydrogens (primary N) is 1. The van der Waals surface area contributed by atoms with Crippen molar-refractivity contribution in [1.82, 2.24) is 9.78 Å². The van der Waals surface area contributed by atoms with E-state index in [1.54, 1.807) is 11.3 Å². The quantitative estimate of drug-likeness (QED) is 0.817. The Morgan fingerprint density at radius 1 is 1.57 bits per heavy atom. The largest absolute Gasteiger partial charge is 0.326 e. The molecule has 0 spiro atoms. The summed E-state index contributed by atoms with van der Waals surface area (Å²) in [6.45, 7) is 2.66. The van der Waals surface area contributed by atoms with Crippen molar-refractivity contribution in [2.45, 2.75) is 13.5 Å². The van der Waals surface area contributed by atoms with Gasteiger partial charge in [-0.25, -0.2) is 0 Å². The van der Waals surface area contributed by atoms with Gasteiger partial charge >= 0.3 is 0 Å². The first kappa shape index (κ1) is 9.43. The number of hydrogen-bond acceptors (Lipinski definition) is 3. The van der Waals surface area contributed by atoms with Crippen LogP contribution in [0.1, 0.15) is 10.4 Å². The van der Waals surface area contributed by atoms with Crippen LogP contribution in [-0.4, -0.2) is 9.78 Å². The van der Waals surface area contributed by atoms with Crippen molar-refractivity contribution in [3.8, 4) is 11.3 Å². The van der Waals surface area contributed by atoms with E-state index < -0.39 is 0 Å². The second-order valence-corrected chi connectivity index (χ2v) is 4.26. The van der Waals surface area contributed by atoms with E-state index in [-0.39, 0.29) is 0 Å². The van der Waals surface area contributed by atoms with Crippen LogP contribution < -0.4 is 5.73 Å². The molecule has 14 heavy (non-hydrogen) atoms. The van der Waals surface area contributed by atoms with E-state index in [0.717, 1.165) is 0 Å². The van der Waals surface area contributed by atoms with Gasteiger partial charge in [-0.15, -0.1) is 11.3 Å². The zero-order valence-electron chi connectivity index (χ0n) is 8.32. The molecule has 0 fully saturated rings. The molecule has 0 aliphatic rings. The van der Waals surface area contributed by atoms with Gasteiger partial charge in [0.25, 0.3) is 0 Å². The van der Waals surface area contributed by atoms with Crippen molar-refractivity contribution in [3.05, 3.63) is 28.1 Å². The van der Waals surface area contributed by atoms with Crippen LogP contribution in [0.5, 0.6) is 0 Å².